The van der Waals surface area contributed by atoms with Crippen LogP contribution in [0.25, 0.3) is 0 Å². The molecule has 5 heteroatoms. The van der Waals surface area contributed by atoms with Gasteiger partial charge in [-0.1, -0.05) is 12.1 Å². The van der Waals surface area contributed by atoms with E-state index in [0.717, 1.165) is 17.8 Å². The standard InChI is InChI=1S/C20H25F2NO2/c1-12(20-9-13-6-14(10-20)8-15(7-13)11-20)23-18(24)16-4-2-3-5-17(16)25-19(21)22/h2-5,12-15,19H,6-11H2,1H3,(H,23,24)/t12-,13?,14?,15?,20?/m1/s1. The quantitative estimate of drug-likeness (QED) is 0.842. The highest BCUT2D eigenvalue weighted by Crippen LogP contribution is 2.61. The highest BCUT2D eigenvalue weighted by Gasteiger charge is 2.53. The molecule has 136 valence electrons. The monoisotopic (exact) mass is 349 g/mol. The summed E-state index contributed by atoms with van der Waals surface area (Å²) in [4.78, 5) is 12.7. The van der Waals surface area contributed by atoms with E-state index in [1.807, 2.05) is 0 Å². The molecule has 4 bridgehead atoms. The lowest BCUT2D eigenvalue weighted by molar-refractivity contribution is -0.0689. The molecule has 0 radical (unpaired) electrons. The van der Waals surface area contributed by atoms with Crippen LogP contribution in [0.15, 0.2) is 24.3 Å². The van der Waals surface area contributed by atoms with Gasteiger partial charge in [0.05, 0.1) is 5.56 Å². The van der Waals surface area contributed by atoms with E-state index in [-0.39, 0.29) is 28.7 Å². The molecule has 1 amide bonds. The lowest BCUT2D eigenvalue weighted by Gasteiger charge is -2.59. The highest BCUT2D eigenvalue weighted by molar-refractivity contribution is 5.97. The largest absolute Gasteiger partial charge is 0.434 e. The maximum Gasteiger partial charge on any atom is 0.387 e. The fourth-order valence-corrected chi connectivity index (χ4v) is 5.99. The van der Waals surface area contributed by atoms with Gasteiger partial charge in [0.2, 0.25) is 0 Å². The normalized spacial score (nSPS) is 34.2. The first-order valence-corrected chi connectivity index (χ1v) is 9.30. The zero-order valence-electron chi connectivity index (χ0n) is 14.5. The van der Waals surface area contributed by atoms with Crippen molar-refractivity contribution in [3.63, 3.8) is 0 Å². The lowest BCUT2D eigenvalue weighted by Crippen LogP contribution is -2.55. The third-order valence-corrected chi connectivity index (χ3v) is 6.70. The van der Waals surface area contributed by atoms with Crippen molar-refractivity contribution >= 4 is 5.91 Å². The minimum atomic E-state index is -2.94. The van der Waals surface area contributed by atoms with Crippen molar-refractivity contribution < 1.29 is 18.3 Å². The third-order valence-electron chi connectivity index (χ3n) is 6.70. The summed E-state index contributed by atoms with van der Waals surface area (Å²) in [6, 6.07) is 6.27. The molecular formula is C20H25F2NO2. The second kappa shape index (κ2) is 6.26. The average molecular weight is 349 g/mol. The van der Waals surface area contributed by atoms with Gasteiger partial charge >= 0.3 is 6.61 Å². The summed E-state index contributed by atoms with van der Waals surface area (Å²) in [7, 11) is 0. The molecule has 0 heterocycles. The number of carbonyl (C=O) groups is 1. The Morgan fingerprint density at radius 3 is 2.24 bits per heavy atom. The first kappa shape index (κ1) is 16.8. The second-order valence-corrected chi connectivity index (χ2v) is 8.35. The maximum absolute atomic E-state index is 12.7. The van der Waals surface area contributed by atoms with Gasteiger partial charge in [0.15, 0.2) is 0 Å². The van der Waals surface area contributed by atoms with Crippen LogP contribution in [-0.4, -0.2) is 18.6 Å². The third kappa shape index (κ3) is 3.13. The molecule has 4 aliphatic rings. The number of alkyl halides is 2. The smallest absolute Gasteiger partial charge is 0.387 e. The minimum absolute atomic E-state index is 0.0491. The number of hydrogen-bond acceptors (Lipinski definition) is 2. The van der Waals surface area contributed by atoms with Gasteiger partial charge < -0.3 is 10.1 Å². The Labute approximate surface area is 147 Å². The van der Waals surface area contributed by atoms with E-state index in [2.05, 4.69) is 17.0 Å². The van der Waals surface area contributed by atoms with Crippen molar-refractivity contribution in [2.24, 2.45) is 23.2 Å². The summed E-state index contributed by atoms with van der Waals surface area (Å²) >= 11 is 0. The van der Waals surface area contributed by atoms with Crippen LogP contribution in [-0.2, 0) is 0 Å². The zero-order chi connectivity index (χ0) is 17.6. The van der Waals surface area contributed by atoms with Crippen LogP contribution >= 0.6 is 0 Å². The van der Waals surface area contributed by atoms with Crippen LogP contribution in [0.2, 0.25) is 0 Å². The number of para-hydroxylation sites is 1. The van der Waals surface area contributed by atoms with E-state index in [1.165, 1.54) is 44.6 Å². The molecule has 0 unspecified atom stereocenters. The van der Waals surface area contributed by atoms with E-state index in [9.17, 15) is 13.6 Å². The average Bonchev–Trinajstić information content (AvgIpc) is 2.53. The van der Waals surface area contributed by atoms with Crippen LogP contribution < -0.4 is 10.1 Å². The highest BCUT2D eigenvalue weighted by atomic mass is 19.3. The number of ether oxygens (including phenoxy) is 1. The van der Waals surface area contributed by atoms with Crippen LogP contribution in [0.3, 0.4) is 0 Å². The summed E-state index contributed by atoms with van der Waals surface area (Å²) in [5.41, 5.74) is 0.363. The van der Waals surface area contributed by atoms with Crippen molar-refractivity contribution in [1.82, 2.24) is 5.32 Å². The SMILES string of the molecule is C[C@@H](NC(=O)c1ccccc1OC(F)F)C12CC3CC(CC(C3)C1)C2. The fourth-order valence-electron chi connectivity index (χ4n) is 5.99. The Bertz CT molecular complexity index is 626. The van der Waals surface area contributed by atoms with Crippen molar-refractivity contribution in [3.05, 3.63) is 29.8 Å². The first-order chi connectivity index (χ1) is 11.9. The van der Waals surface area contributed by atoms with Crippen molar-refractivity contribution in [3.8, 4) is 5.75 Å². The second-order valence-electron chi connectivity index (χ2n) is 8.35. The topological polar surface area (TPSA) is 38.3 Å². The molecule has 1 atom stereocenters. The predicted molar refractivity (Wildman–Crippen MR) is 90.6 cm³/mol. The number of benzene rings is 1. The van der Waals surface area contributed by atoms with Gasteiger partial charge in [-0.2, -0.15) is 8.78 Å². The Morgan fingerprint density at radius 2 is 1.68 bits per heavy atom. The van der Waals surface area contributed by atoms with E-state index in [0.29, 0.717) is 0 Å². The molecular weight excluding hydrogens is 324 g/mol. The Balaban J connectivity index is 1.50. The summed E-state index contributed by atoms with van der Waals surface area (Å²) in [5.74, 6) is 2.03. The molecule has 1 aromatic carbocycles. The molecule has 0 aromatic heterocycles. The Hall–Kier alpha value is -1.65. The number of hydrogen-bond donors (Lipinski definition) is 1. The van der Waals surface area contributed by atoms with Crippen LogP contribution in [0.5, 0.6) is 5.75 Å². The van der Waals surface area contributed by atoms with E-state index >= 15 is 0 Å². The molecule has 4 fully saturated rings. The summed E-state index contributed by atoms with van der Waals surface area (Å²) in [6.07, 6.45) is 7.63. The summed E-state index contributed by atoms with van der Waals surface area (Å²) in [6.45, 7) is -0.851. The van der Waals surface area contributed by atoms with E-state index in [1.54, 1.807) is 18.2 Å². The van der Waals surface area contributed by atoms with Gasteiger partial charge in [0.25, 0.3) is 5.91 Å². The van der Waals surface area contributed by atoms with Crippen LogP contribution in [0, 0.1) is 23.2 Å². The van der Waals surface area contributed by atoms with Crippen molar-refractivity contribution in [2.75, 3.05) is 0 Å². The number of rotatable bonds is 5. The molecule has 5 rings (SSSR count). The van der Waals surface area contributed by atoms with Crippen molar-refractivity contribution in [2.45, 2.75) is 58.1 Å². The molecule has 4 saturated carbocycles. The van der Waals surface area contributed by atoms with Crippen LogP contribution in [0.1, 0.15) is 55.8 Å². The molecule has 4 aliphatic carbocycles. The Morgan fingerprint density at radius 1 is 1.12 bits per heavy atom. The molecule has 3 nitrogen and oxygen atoms in total. The van der Waals surface area contributed by atoms with Gasteiger partial charge in [-0.3, -0.25) is 4.79 Å². The van der Waals surface area contributed by atoms with Crippen LogP contribution in [0.4, 0.5) is 8.78 Å². The number of carbonyl (C=O) groups excluding carboxylic acids is 1. The molecule has 0 spiro atoms. The van der Waals surface area contributed by atoms with Gasteiger partial charge in [0, 0.05) is 6.04 Å². The molecule has 1 N–H and O–H groups in total. The van der Waals surface area contributed by atoms with E-state index in [4.69, 9.17) is 0 Å². The minimum Gasteiger partial charge on any atom is -0.434 e. The summed E-state index contributed by atoms with van der Waals surface area (Å²) < 4.78 is 29.7. The zero-order valence-corrected chi connectivity index (χ0v) is 14.5. The van der Waals surface area contributed by atoms with Gasteiger partial charge in [-0.05, 0) is 80.8 Å². The molecule has 1 aromatic rings. The van der Waals surface area contributed by atoms with Gasteiger partial charge in [-0.25, -0.2) is 0 Å². The predicted octanol–water partition coefficient (Wildman–Crippen LogP) is 4.62. The first-order valence-electron chi connectivity index (χ1n) is 9.30. The van der Waals surface area contributed by atoms with Gasteiger partial charge in [-0.15, -0.1) is 0 Å². The van der Waals surface area contributed by atoms with Crippen molar-refractivity contribution in [1.29, 1.82) is 0 Å². The number of halogens is 2. The lowest BCUT2D eigenvalue weighted by atomic mass is 9.48. The van der Waals surface area contributed by atoms with E-state index < -0.39 is 6.61 Å². The number of nitrogens with one attached hydrogen (secondary N) is 1. The number of amides is 1. The molecule has 0 aliphatic heterocycles. The Kier molecular flexibility index (Phi) is 4.20. The summed E-state index contributed by atoms with van der Waals surface area (Å²) in [5, 5.41) is 3.10. The molecule has 0 saturated heterocycles. The fraction of sp³-hybridized carbons (Fsp3) is 0.650. The maximum atomic E-state index is 12.7. The van der Waals surface area contributed by atoms with Gasteiger partial charge in [0.1, 0.15) is 5.75 Å². The molecule has 25 heavy (non-hydrogen) atoms.